The zero-order valence-electron chi connectivity index (χ0n) is 17.1. The number of nitrogens with one attached hydrogen (secondary N) is 1. The Bertz CT molecular complexity index is 733. The molecule has 27 heavy (non-hydrogen) atoms. The molecule has 0 amide bonds. The molecule has 1 aliphatic heterocycles. The Morgan fingerprint density at radius 2 is 2.26 bits per heavy atom. The van der Waals surface area contributed by atoms with E-state index in [0.717, 1.165) is 32.0 Å². The average molecular weight is 373 g/mol. The van der Waals surface area contributed by atoms with E-state index in [4.69, 9.17) is 0 Å². The van der Waals surface area contributed by atoms with E-state index in [1.807, 2.05) is 37.5 Å². The van der Waals surface area contributed by atoms with Crippen LogP contribution in [0.4, 0.5) is 0 Å². The molecule has 3 atom stereocenters. The molecule has 1 N–H and O–H groups in total. The maximum absolute atomic E-state index is 4.55. The molecule has 3 heterocycles. The molecule has 0 saturated carbocycles. The molecule has 148 valence electrons. The number of aryl methyl sites for hydroxylation is 1. The Balaban J connectivity index is 1.66. The SMILES string of the molecule is CN=C(NCC(c1cnn(C)c1)N(C)C)N1CCC(C)C(n2ccnc2)C1. The number of nitrogens with zero attached hydrogens (tertiary/aromatic N) is 7. The van der Waals surface area contributed by atoms with Crippen LogP contribution in [0.1, 0.15) is 31.0 Å². The van der Waals surface area contributed by atoms with Crippen LogP contribution in [0.5, 0.6) is 0 Å². The summed E-state index contributed by atoms with van der Waals surface area (Å²) in [7, 11) is 8.01. The minimum absolute atomic E-state index is 0.239. The van der Waals surface area contributed by atoms with Gasteiger partial charge in [0.05, 0.1) is 24.6 Å². The summed E-state index contributed by atoms with van der Waals surface area (Å²) >= 11 is 0. The van der Waals surface area contributed by atoms with Gasteiger partial charge in [0.1, 0.15) is 0 Å². The molecule has 1 fully saturated rings. The second kappa shape index (κ2) is 8.56. The van der Waals surface area contributed by atoms with Gasteiger partial charge in [-0.2, -0.15) is 5.10 Å². The van der Waals surface area contributed by atoms with E-state index in [2.05, 4.69) is 68.2 Å². The number of hydrogen-bond donors (Lipinski definition) is 1. The van der Waals surface area contributed by atoms with E-state index >= 15 is 0 Å². The summed E-state index contributed by atoms with van der Waals surface area (Å²) in [6.45, 7) is 5.07. The summed E-state index contributed by atoms with van der Waals surface area (Å²) in [5, 5.41) is 7.90. The molecule has 2 aromatic rings. The van der Waals surface area contributed by atoms with Crippen molar-refractivity contribution in [1.29, 1.82) is 0 Å². The summed E-state index contributed by atoms with van der Waals surface area (Å²) in [5.41, 5.74) is 1.20. The summed E-state index contributed by atoms with van der Waals surface area (Å²) in [5.74, 6) is 1.58. The predicted octanol–water partition coefficient (Wildman–Crippen LogP) is 1.38. The third kappa shape index (κ3) is 4.50. The monoisotopic (exact) mass is 372 g/mol. The third-order valence-electron chi connectivity index (χ3n) is 5.52. The molecule has 8 heteroatoms. The lowest BCUT2D eigenvalue weighted by atomic mass is 9.93. The summed E-state index contributed by atoms with van der Waals surface area (Å²) in [4.78, 5) is 13.3. The molecule has 0 radical (unpaired) electrons. The largest absolute Gasteiger partial charge is 0.354 e. The molecule has 0 aromatic carbocycles. The fraction of sp³-hybridized carbons (Fsp3) is 0.632. The second-order valence-electron chi connectivity index (χ2n) is 7.64. The lowest BCUT2D eigenvalue weighted by molar-refractivity contribution is 0.187. The first-order valence-electron chi connectivity index (χ1n) is 9.57. The Hall–Kier alpha value is -2.35. The predicted molar refractivity (Wildman–Crippen MR) is 108 cm³/mol. The minimum atomic E-state index is 0.239. The summed E-state index contributed by atoms with van der Waals surface area (Å²) in [6.07, 6.45) is 11.0. The number of aliphatic imine (C=N–C) groups is 1. The highest BCUT2D eigenvalue weighted by molar-refractivity contribution is 5.80. The van der Waals surface area contributed by atoms with Gasteiger partial charge >= 0.3 is 0 Å². The Morgan fingerprint density at radius 1 is 1.44 bits per heavy atom. The van der Waals surface area contributed by atoms with Gasteiger partial charge in [-0.3, -0.25) is 9.67 Å². The summed E-state index contributed by atoms with van der Waals surface area (Å²) < 4.78 is 4.07. The molecule has 3 unspecified atom stereocenters. The molecule has 8 nitrogen and oxygen atoms in total. The van der Waals surface area contributed by atoms with Crippen molar-refractivity contribution >= 4 is 5.96 Å². The van der Waals surface area contributed by atoms with Crippen LogP contribution in [0.2, 0.25) is 0 Å². The first-order valence-corrected chi connectivity index (χ1v) is 9.57. The average Bonchev–Trinajstić information content (AvgIpc) is 3.31. The first kappa shape index (κ1) is 19.4. The van der Waals surface area contributed by atoms with Gasteiger partial charge in [0.25, 0.3) is 0 Å². The van der Waals surface area contributed by atoms with E-state index in [0.29, 0.717) is 12.0 Å². The molecule has 2 aromatic heterocycles. The molecular weight excluding hydrogens is 340 g/mol. The zero-order valence-corrected chi connectivity index (χ0v) is 17.1. The van der Waals surface area contributed by atoms with Crippen molar-refractivity contribution in [3.05, 3.63) is 36.7 Å². The van der Waals surface area contributed by atoms with E-state index in [9.17, 15) is 0 Å². The van der Waals surface area contributed by atoms with Crippen LogP contribution in [0.15, 0.2) is 36.1 Å². The number of aromatic nitrogens is 4. The van der Waals surface area contributed by atoms with Crippen LogP contribution in [-0.2, 0) is 7.05 Å². The lowest BCUT2D eigenvalue weighted by Crippen LogP contribution is -2.50. The fourth-order valence-corrected chi connectivity index (χ4v) is 3.83. The second-order valence-corrected chi connectivity index (χ2v) is 7.64. The number of hydrogen-bond acceptors (Lipinski definition) is 4. The van der Waals surface area contributed by atoms with E-state index < -0.39 is 0 Å². The lowest BCUT2D eigenvalue weighted by Gasteiger charge is -2.39. The highest BCUT2D eigenvalue weighted by atomic mass is 15.3. The fourth-order valence-electron chi connectivity index (χ4n) is 3.83. The van der Waals surface area contributed by atoms with Crippen LogP contribution in [0.3, 0.4) is 0 Å². The maximum Gasteiger partial charge on any atom is 0.193 e. The molecule has 1 saturated heterocycles. The van der Waals surface area contributed by atoms with Crippen molar-refractivity contribution in [2.45, 2.75) is 25.4 Å². The van der Waals surface area contributed by atoms with Gasteiger partial charge < -0.3 is 19.7 Å². The summed E-state index contributed by atoms with van der Waals surface area (Å²) in [6, 6.07) is 0.659. The topological polar surface area (TPSA) is 66.5 Å². The quantitative estimate of drug-likeness (QED) is 0.634. The Kier molecular flexibility index (Phi) is 6.15. The Morgan fingerprint density at radius 3 is 2.85 bits per heavy atom. The van der Waals surface area contributed by atoms with Crippen molar-refractivity contribution < 1.29 is 0 Å². The number of likely N-dealkylation sites (tertiary alicyclic amines) is 1. The van der Waals surface area contributed by atoms with Gasteiger partial charge in [0.2, 0.25) is 0 Å². The van der Waals surface area contributed by atoms with Gasteiger partial charge in [-0.1, -0.05) is 6.92 Å². The maximum atomic E-state index is 4.55. The van der Waals surface area contributed by atoms with Gasteiger partial charge in [-0.15, -0.1) is 0 Å². The molecule has 0 bridgehead atoms. The number of rotatable bonds is 5. The molecule has 1 aliphatic rings. The molecule has 0 spiro atoms. The van der Waals surface area contributed by atoms with Crippen molar-refractivity contribution in [3.63, 3.8) is 0 Å². The van der Waals surface area contributed by atoms with Crippen LogP contribution >= 0.6 is 0 Å². The molecule has 0 aliphatic carbocycles. The van der Waals surface area contributed by atoms with Crippen LogP contribution in [-0.4, -0.2) is 75.9 Å². The highest BCUT2D eigenvalue weighted by Gasteiger charge is 2.29. The number of likely N-dealkylation sites (N-methyl/N-ethyl adjacent to an activating group) is 1. The zero-order chi connectivity index (χ0) is 19.4. The number of piperidine rings is 1. The number of guanidine groups is 1. The molecule has 3 rings (SSSR count). The smallest absolute Gasteiger partial charge is 0.193 e. The van der Waals surface area contributed by atoms with Crippen molar-refractivity contribution in [2.24, 2.45) is 18.0 Å². The van der Waals surface area contributed by atoms with Crippen molar-refractivity contribution in [2.75, 3.05) is 40.8 Å². The van der Waals surface area contributed by atoms with Crippen molar-refractivity contribution in [3.8, 4) is 0 Å². The molecular formula is C19H32N8. The number of imidazole rings is 1. The van der Waals surface area contributed by atoms with E-state index in [1.165, 1.54) is 5.56 Å². The van der Waals surface area contributed by atoms with Gasteiger partial charge in [-0.25, -0.2) is 4.98 Å². The first-order chi connectivity index (χ1) is 13.0. The van der Waals surface area contributed by atoms with E-state index in [1.54, 1.807) is 0 Å². The van der Waals surface area contributed by atoms with Crippen LogP contribution < -0.4 is 5.32 Å². The van der Waals surface area contributed by atoms with Gasteiger partial charge in [0.15, 0.2) is 5.96 Å². The minimum Gasteiger partial charge on any atom is -0.354 e. The Labute approximate surface area is 161 Å². The van der Waals surface area contributed by atoms with Gasteiger partial charge in [0, 0.05) is 57.9 Å². The highest BCUT2D eigenvalue weighted by Crippen LogP contribution is 2.27. The van der Waals surface area contributed by atoms with E-state index in [-0.39, 0.29) is 6.04 Å². The van der Waals surface area contributed by atoms with Gasteiger partial charge in [-0.05, 0) is 26.4 Å². The standard InChI is InChI=1S/C19H32N8/c1-15-6-8-26(13-18(15)27-9-7-21-14-27)19(20-2)22-11-17(24(3)4)16-10-23-25(5)12-16/h7,9-10,12,14-15,17-18H,6,8,11,13H2,1-5H3,(H,20,22). The van der Waals surface area contributed by atoms with Crippen molar-refractivity contribution in [1.82, 2.24) is 34.4 Å². The third-order valence-corrected chi connectivity index (χ3v) is 5.52. The van der Waals surface area contributed by atoms with Crippen LogP contribution in [0.25, 0.3) is 0 Å². The normalized spacial score (nSPS) is 22.3. The van der Waals surface area contributed by atoms with Crippen LogP contribution in [0, 0.1) is 5.92 Å².